The number of hydrogen-bond donors (Lipinski definition) is 0. The van der Waals surface area contributed by atoms with Crippen molar-refractivity contribution in [3.8, 4) is 17.2 Å². The highest BCUT2D eigenvalue weighted by molar-refractivity contribution is 5.90. The standard InChI is InChI=1S/C29H45NO5/c1-5-8-11-13-14-15-19-30-26-22-24(33-21-16-12-9-6-2)17-18-25(26)27(34-20-10-7-3)28(29(30)32)35-23(4)31/h17-18,22H,5-16,19-21H2,1-4H3. The maximum atomic E-state index is 13.5. The Balaban J connectivity index is 2.42. The van der Waals surface area contributed by atoms with E-state index in [1.807, 2.05) is 18.2 Å². The summed E-state index contributed by atoms with van der Waals surface area (Å²) in [5, 5.41) is 0.765. The number of fused-ring (bicyclic) bond motifs is 1. The van der Waals surface area contributed by atoms with E-state index in [1.165, 1.54) is 39.0 Å². The van der Waals surface area contributed by atoms with E-state index in [9.17, 15) is 9.59 Å². The number of carbonyl (C=O) groups is 1. The van der Waals surface area contributed by atoms with Crippen molar-refractivity contribution in [2.24, 2.45) is 0 Å². The quantitative estimate of drug-likeness (QED) is 0.162. The molecule has 0 aliphatic heterocycles. The number of unbranched alkanes of at least 4 members (excludes halogenated alkanes) is 9. The third-order valence-corrected chi connectivity index (χ3v) is 6.14. The Labute approximate surface area is 211 Å². The third kappa shape index (κ3) is 9.23. The summed E-state index contributed by atoms with van der Waals surface area (Å²) in [6, 6.07) is 5.76. The van der Waals surface area contributed by atoms with Gasteiger partial charge in [-0.2, -0.15) is 0 Å². The molecule has 2 rings (SSSR count). The Hall–Kier alpha value is -2.50. The lowest BCUT2D eigenvalue weighted by atomic mass is 10.1. The lowest BCUT2D eigenvalue weighted by Crippen LogP contribution is -2.25. The molecule has 0 unspecified atom stereocenters. The normalized spacial score (nSPS) is 11.1. The molecule has 0 saturated heterocycles. The van der Waals surface area contributed by atoms with E-state index in [0.717, 1.165) is 61.6 Å². The molecule has 6 nitrogen and oxygen atoms in total. The van der Waals surface area contributed by atoms with Gasteiger partial charge in [0.05, 0.1) is 18.7 Å². The monoisotopic (exact) mass is 487 g/mol. The van der Waals surface area contributed by atoms with Crippen molar-refractivity contribution in [3.05, 3.63) is 28.6 Å². The summed E-state index contributed by atoms with van der Waals surface area (Å²) in [6.07, 6.45) is 13.1. The molecule has 0 aliphatic rings. The average molecular weight is 488 g/mol. The molecule has 0 N–H and O–H groups in total. The molecule has 1 aromatic carbocycles. The Morgan fingerprint density at radius 1 is 0.771 bits per heavy atom. The highest BCUT2D eigenvalue weighted by atomic mass is 16.6. The Morgan fingerprint density at radius 2 is 1.40 bits per heavy atom. The van der Waals surface area contributed by atoms with Crippen LogP contribution in [-0.4, -0.2) is 23.8 Å². The van der Waals surface area contributed by atoms with Crippen LogP contribution >= 0.6 is 0 Å². The molecular weight excluding hydrogens is 442 g/mol. The first-order valence-electron chi connectivity index (χ1n) is 13.7. The van der Waals surface area contributed by atoms with Crippen LogP contribution in [0.3, 0.4) is 0 Å². The number of hydrogen-bond acceptors (Lipinski definition) is 5. The predicted molar refractivity (Wildman–Crippen MR) is 143 cm³/mol. The predicted octanol–water partition coefficient (Wildman–Crippen LogP) is 7.43. The molecule has 6 heteroatoms. The fourth-order valence-corrected chi connectivity index (χ4v) is 4.15. The van der Waals surface area contributed by atoms with Gasteiger partial charge in [0.25, 0.3) is 5.56 Å². The highest BCUT2D eigenvalue weighted by Crippen LogP contribution is 2.35. The summed E-state index contributed by atoms with van der Waals surface area (Å²) in [7, 11) is 0. The summed E-state index contributed by atoms with van der Waals surface area (Å²) in [4.78, 5) is 25.4. The van der Waals surface area contributed by atoms with Crippen molar-refractivity contribution in [2.45, 2.75) is 111 Å². The van der Waals surface area contributed by atoms with Crippen LogP contribution in [0.5, 0.6) is 17.2 Å². The number of esters is 1. The number of nitrogens with zero attached hydrogens (tertiary/aromatic N) is 1. The van der Waals surface area contributed by atoms with Crippen LogP contribution < -0.4 is 19.8 Å². The van der Waals surface area contributed by atoms with Gasteiger partial charge in [-0.25, -0.2) is 0 Å². The van der Waals surface area contributed by atoms with Crippen LogP contribution in [0.4, 0.5) is 0 Å². The van der Waals surface area contributed by atoms with Gasteiger partial charge in [0, 0.05) is 24.9 Å². The summed E-state index contributed by atoms with van der Waals surface area (Å²) in [5.41, 5.74) is 0.435. The Kier molecular flexibility index (Phi) is 13.3. The lowest BCUT2D eigenvalue weighted by molar-refractivity contribution is -0.132. The molecular formula is C29H45NO5. The van der Waals surface area contributed by atoms with E-state index >= 15 is 0 Å². The van der Waals surface area contributed by atoms with Crippen molar-refractivity contribution in [3.63, 3.8) is 0 Å². The van der Waals surface area contributed by atoms with Crippen molar-refractivity contribution in [1.82, 2.24) is 4.57 Å². The van der Waals surface area contributed by atoms with Crippen LogP contribution in [0.15, 0.2) is 23.0 Å². The minimum atomic E-state index is -0.528. The van der Waals surface area contributed by atoms with Crippen LogP contribution in [-0.2, 0) is 11.3 Å². The zero-order valence-corrected chi connectivity index (χ0v) is 22.3. The maximum absolute atomic E-state index is 13.5. The van der Waals surface area contributed by atoms with Gasteiger partial charge in [0.15, 0.2) is 5.75 Å². The molecule has 0 aliphatic carbocycles. The Bertz CT molecular complexity index is 966. The van der Waals surface area contributed by atoms with Gasteiger partial charge >= 0.3 is 5.97 Å². The van der Waals surface area contributed by atoms with Gasteiger partial charge in [-0.3, -0.25) is 9.59 Å². The van der Waals surface area contributed by atoms with Gasteiger partial charge in [-0.05, 0) is 31.4 Å². The molecule has 196 valence electrons. The summed E-state index contributed by atoms with van der Waals surface area (Å²) >= 11 is 0. The fourth-order valence-electron chi connectivity index (χ4n) is 4.15. The molecule has 35 heavy (non-hydrogen) atoms. The van der Waals surface area contributed by atoms with E-state index in [-0.39, 0.29) is 11.3 Å². The van der Waals surface area contributed by atoms with Crippen LogP contribution in [0.2, 0.25) is 0 Å². The number of carbonyl (C=O) groups excluding carboxylic acids is 1. The van der Waals surface area contributed by atoms with E-state index in [0.29, 0.717) is 25.5 Å². The van der Waals surface area contributed by atoms with Gasteiger partial charge in [0.1, 0.15) is 5.75 Å². The number of pyridine rings is 1. The molecule has 1 heterocycles. The average Bonchev–Trinajstić information content (AvgIpc) is 2.84. The summed E-state index contributed by atoms with van der Waals surface area (Å²) < 4.78 is 19.2. The molecule has 0 bridgehead atoms. The first-order chi connectivity index (χ1) is 17.0. The van der Waals surface area contributed by atoms with E-state index in [1.54, 1.807) is 4.57 Å². The van der Waals surface area contributed by atoms with Gasteiger partial charge < -0.3 is 18.8 Å². The van der Waals surface area contributed by atoms with E-state index in [2.05, 4.69) is 20.8 Å². The number of benzene rings is 1. The maximum Gasteiger partial charge on any atom is 0.308 e. The number of aryl methyl sites for hydroxylation is 1. The van der Waals surface area contributed by atoms with Crippen LogP contribution in [0, 0.1) is 0 Å². The SMILES string of the molecule is CCCCCCCCn1c(=O)c(OC(C)=O)c(OCCCC)c2ccc(OCCCCCC)cc21. The zero-order chi connectivity index (χ0) is 25.5. The molecule has 1 aromatic heterocycles. The lowest BCUT2D eigenvalue weighted by Gasteiger charge is -2.18. The highest BCUT2D eigenvalue weighted by Gasteiger charge is 2.21. The molecule has 0 amide bonds. The smallest absolute Gasteiger partial charge is 0.308 e. The van der Waals surface area contributed by atoms with E-state index in [4.69, 9.17) is 14.2 Å². The minimum absolute atomic E-state index is 0.0136. The number of aromatic nitrogens is 1. The molecule has 0 spiro atoms. The molecule has 0 fully saturated rings. The largest absolute Gasteiger partial charge is 0.494 e. The van der Waals surface area contributed by atoms with Crippen molar-refractivity contribution < 1.29 is 19.0 Å². The van der Waals surface area contributed by atoms with Crippen LogP contribution in [0.25, 0.3) is 10.9 Å². The van der Waals surface area contributed by atoms with Gasteiger partial charge in [-0.15, -0.1) is 0 Å². The fraction of sp³-hybridized carbons (Fsp3) is 0.655. The Morgan fingerprint density at radius 3 is 2.09 bits per heavy atom. The first kappa shape index (κ1) is 28.7. The number of ether oxygens (including phenoxy) is 3. The third-order valence-electron chi connectivity index (χ3n) is 6.14. The van der Waals surface area contributed by atoms with Gasteiger partial charge in [-0.1, -0.05) is 78.6 Å². The minimum Gasteiger partial charge on any atom is -0.494 e. The zero-order valence-electron chi connectivity index (χ0n) is 22.3. The van der Waals surface area contributed by atoms with Gasteiger partial charge in [0.2, 0.25) is 5.75 Å². The first-order valence-corrected chi connectivity index (χ1v) is 13.7. The van der Waals surface area contributed by atoms with Crippen LogP contribution in [0.1, 0.15) is 105 Å². The molecule has 0 radical (unpaired) electrons. The summed E-state index contributed by atoms with van der Waals surface area (Å²) in [5.74, 6) is 0.549. The molecule has 2 aromatic rings. The van der Waals surface area contributed by atoms with E-state index < -0.39 is 5.97 Å². The second kappa shape index (κ2) is 16.2. The number of rotatable bonds is 18. The second-order valence-corrected chi connectivity index (χ2v) is 9.27. The second-order valence-electron chi connectivity index (χ2n) is 9.27. The van der Waals surface area contributed by atoms with Crippen molar-refractivity contribution >= 4 is 16.9 Å². The molecule has 0 atom stereocenters. The topological polar surface area (TPSA) is 66.8 Å². The molecule has 0 saturated carbocycles. The van der Waals surface area contributed by atoms with Crippen molar-refractivity contribution in [1.29, 1.82) is 0 Å². The summed E-state index contributed by atoms with van der Waals surface area (Å²) in [6.45, 7) is 9.46. The van der Waals surface area contributed by atoms with Crippen molar-refractivity contribution in [2.75, 3.05) is 13.2 Å².